The minimum absolute atomic E-state index is 0.0244. The predicted molar refractivity (Wildman–Crippen MR) is 141 cm³/mol. The topological polar surface area (TPSA) is 127 Å². The van der Waals surface area contributed by atoms with E-state index in [0.29, 0.717) is 17.0 Å². The van der Waals surface area contributed by atoms with E-state index in [1.54, 1.807) is 10.9 Å². The van der Waals surface area contributed by atoms with Crippen LogP contribution in [0.3, 0.4) is 0 Å². The van der Waals surface area contributed by atoms with Crippen molar-refractivity contribution in [3.05, 3.63) is 6.33 Å². The van der Waals surface area contributed by atoms with E-state index >= 15 is 0 Å². The van der Waals surface area contributed by atoms with Gasteiger partial charge in [-0.25, -0.2) is 4.98 Å². The molecule has 1 aliphatic heterocycles. The summed E-state index contributed by atoms with van der Waals surface area (Å²) in [5, 5.41) is 10.3. The number of nitrogens with zero attached hydrogens (tertiary/aromatic N) is 4. The van der Waals surface area contributed by atoms with Crippen molar-refractivity contribution in [2.45, 2.75) is 102 Å². The average molecular weight is 526 g/mol. The minimum Gasteiger partial charge on any atom is -0.479 e. The summed E-state index contributed by atoms with van der Waals surface area (Å²) in [7, 11) is -2.98. The molecule has 0 amide bonds. The van der Waals surface area contributed by atoms with Crippen molar-refractivity contribution in [2.24, 2.45) is 0 Å². The van der Waals surface area contributed by atoms with Gasteiger partial charge in [0.15, 0.2) is 34.0 Å². The number of hydrogen-bond donors (Lipinski definition) is 2. The molecule has 2 aromatic heterocycles. The Morgan fingerprint density at radius 2 is 1.54 bits per heavy atom. The summed E-state index contributed by atoms with van der Waals surface area (Å²) in [6.45, 7) is 21.8. The number of hydrogen-bond acceptors (Lipinski definition) is 9. The second kappa shape index (κ2) is 9.38. The summed E-state index contributed by atoms with van der Waals surface area (Å²) < 4.78 is 27.5. The van der Waals surface area contributed by atoms with Crippen molar-refractivity contribution < 1.29 is 23.4 Å². The van der Waals surface area contributed by atoms with E-state index in [1.165, 1.54) is 7.11 Å². The number of ether oxygens (including phenoxy) is 2. The van der Waals surface area contributed by atoms with Gasteiger partial charge in [0.2, 0.25) is 11.8 Å². The molecule has 3 heterocycles. The van der Waals surface area contributed by atoms with Crippen molar-refractivity contribution in [1.82, 2.24) is 19.5 Å². The van der Waals surface area contributed by atoms with Crippen molar-refractivity contribution in [2.75, 3.05) is 19.5 Å². The first kappa shape index (κ1) is 28.0. The molecule has 0 saturated carbocycles. The first-order valence-corrected chi connectivity index (χ1v) is 17.9. The Hall–Kier alpha value is -1.58. The number of rotatable bonds is 7. The lowest BCUT2D eigenvalue weighted by Crippen LogP contribution is -2.53. The van der Waals surface area contributed by atoms with Gasteiger partial charge < -0.3 is 29.2 Å². The molecule has 3 N–H and O–H groups in total. The first-order chi connectivity index (χ1) is 15.9. The smallest absolute Gasteiger partial charge is 0.246 e. The lowest BCUT2D eigenvalue weighted by molar-refractivity contribution is -0.0491. The van der Waals surface area contributed by atoms with Gasteiger partial charge in [-0.2, -0.15) is 9.97 Å². The molecule has 0 bridgehead atoms. The zero-order chi connectivity index (χ0) is 26.6. The third kappa shape index (κ3) is 5.28. The van der Waals surface area contributed by atoms with Gasteiger partial charge in [-0.15, -0.1) is 0 Å². The number of aliphatic hydroxyl groups excluding tert-OH is 1. The molecule has 0 aromatic carbocycles. The van der Waals surface area contributed by atoms with Crippen LogP contribution in [0.25, 0.3) is 11.2 Å². The summed E-state index contributed by atoms with van der Waals surface area (Å²) in [6, 6.07) is 0. The van der Waals surface area contributed by atoms with Crippen LogP contribution >= 0.6 is 0 Å². The molecule has 0 unspecified atom stereocenters. The Bertz CT molecular complexity index is 1050. The Kier molecular flexibility index (Phi) is 7.50. The zero-order valence-electron chi connectivity index (χ0n) is 23.0. The third-order valence-electron chi connectivity index (χ3n) is 7.81. The Balaban J connectivity index is 2.14. The maximum atomic E-state index is 10.3. The number of methoxy groups -OCH3 is 1. The van der Waals surface area contributed by atoms with Gasteiger partial charge in [0.1, 0.15) is 18.3 Å². The van der Waals surface area contributed by atoms with Crippen LogP contribution in [-0.4, -0.2) is 73.3 Å². The van der Waals surface area contributed by atoms with Gasteiger partial charge in [-0.3, -0.25) is 4.57 Å². The molecule has 198 valence electrons. The third-order valence-corrected chi connectivity index (χ3v) is 16.8. The fourth-order valence-corrected chi connectivity index (χ4v) is 6.22. The standard InChI is InChI=1S/C23H43N5O5Si2/c1-22(2,3)34(8,9)32-16-14(12-29)31-20(17(16)33-35(10,11)23(4,5)6)28-13-25-15-18(28)26-21(24)27-19(15)30-7/h13-14,16-17,20,29H,12H2,1-11H3,(H2,24,26,27)/t14-,16-,17+,20-/m1/s1. The number of aliphatic hydroxyl groups is 1. The molecule has 12 heteroatoms. The van der Waals surface area contributed by atoms with Crippen molar-refractivity contribution in [1.29, 1.82) is 0 Å². The summed E-state index contributed by atoms with van der Waals surface area (Å²) in [5.41, 5.74) is 6.92. The number of imidazole rings is 1. The monoisotopic (exact) mass is 525 g/mol. The van der Waals surface area contributed by atoms with E-state index in [0.717, 1.165) is 0 Å². The first-order valence-electron chi connectivity index (χ1n) is 12.1. The van der Waals surface area contributed by atoms with E-state index in [-0.39, 0.29) is 22.6 Å². The van der Waals surface area contributed by atoms with E-state index in [9.17, 15) is 5.11 Å². The predicted octanol–water partition coefficient (Wildman–Crippen LogP) is 4.09. The molecule has 1 fully saturated rings. The van der Waals surface area contributed by atoms with E-state index in [2.05, 4.69) is 82.7 Å². The van der Waals surface area contributed by atoms with Gasteiger partial charge in [-0.1, -0.05) is 41.5 Å². The highest BCUT2D eigenvalue weighted by molar-refractivity contribution is 6.74. The SMILES string of the molecule is COc1nc(N)nc2c1ncn2[C@@H]1O[C@H](CO)[C@@H](O[Si](C)(C)C(C)(C)C)[C@@H]1O[Si](C)(C)C(C)(C)C. The highest BCUT2D eigenvalue weighted by Gasteiger charge is 2.54. The molecule has 3 rings (SSSR count). The molecule has 1 aliphatic rings. The van der Waals surface area contributed by atoms with Crippen molar-refractivity contribution in [3.8, 4) is 5.88 Å². The Labute approximate surface area is 210 Å². The maximum absolute atomic E-state index is 10.3. The van der Waals surface area contributed by atoms with Crippen molar-refractivity contribution in [3.63, 3.8) is 0 Å². The lowest BCUT2D eigenvalue weighted by atomic mass is 10.1. The molecule has 10 nitrogen and oxygen atoms in total. The summed E-state index contributed by atoms with van der Waals surface area (Å²) >= 11 is 0. The molecular formula is C23H43N5O5Si2. The summed E-state index contributed by atoms with van der Waals surface area (Å²) in [4.78, 5) is 13.0. The normalized spacial score (nSPS) is 24.3. The maximum Gasteiger partial charge on any atom is 0.246 e. The quantitative estimate of drug-likeness (QED) is 0.514. The van der Waals surface area contributed by atoms with Crippen LogP contribution in [0.4, 0.5) is 5.95 Å². The number of fused-ring (bicyclic) bond motifs is 1. The molecule has 35 heavy (non-hydrogen) atoms. The molecule has 0 aliphatic carbocycles. The highest BCUT2D eigenvalue weighted by Crippen LogP contribution is 2.46. The van der Waals surface area contributed by atoms with Gasteiger partial charge in [-0.05, 0) is 36.3 Å². The van der Waals surface area contributed by atoms with Crippen LogP contribution in [0.15, 0.2) is 6.33 Å². The minimum atomic E-state index is -2.27. The summed E-state index contributed by atoms with van der Waals surface area (Å²) in [5.74, 6) is 0.364. The fourth-order valence-electron chi connectivity index (χ4n) is 3.62. The van der Waals surface area contributed by atoms with Crippen LogP contribution in [0.2, 0.25) is 36.3 Å². The Morgan fingerprint density at radius 1 is 1.00 bits per heavy atom. The van der Waals surface area contributed by atoms with Crippen LogP contribution < -0.4 is 10.5 Å². The fraction of sp³-hybridized carbons (Fsp3) is 0.783. The second-order valence-corrected chi connectivity index (χ2v) is 21.9. The average Bonchev–Trinajstić information content (AvgIpc) is 3.26. The number of aromatic nitrogens is 4. The van der Waals surface area contributed by atoms with Crippen LogP contribution in [-0.2, 0) is 13.6 Å². The van der Waals surface area contributed by atoms with Crippen LogP contribution in [0, 0.1) is 0 Å². The lowest BCUT2D eigenvalue weighted by Gasteiger charge is -2.44. The molecule has 2 aromatic rings. The number of anilines is 1. The van der Waals surface area contributed by atoms with Gasteiger partial charge in [0.25, 0.3) is 0 Å². The number of nitrogen functional groups attached to an aromatic ring is 1. The van der Waals surface area contributed by atoms with E-state index in [4.69, 9.17) is 24.1 Å². The zero-order valence-corrected chi connectivity index (χ0v) is 25.0. The van der Waals surface area contributed by atoms with Gasteiger partial charge in [0.05, 0.1) is 20.0 Å². The Morgan fingerprint density at radius 3 is 2.03 bits per heavy atom. The molecule has 0 spiro atoms. The van der Waals surface area contributed by atoms with Crippen LogP contribution in [0.1, 0.15) is 47.8 Å². The highest BCUT2D eigenvalue weighted by atomic mass is 28.4. The van der Waals surface area contributed by atoms with Gasteiger partial charge in [0, 0.05) is 0 Å². The van der Waals surface area contributed by atoms with Crippen LogP contribution in [0.5, 0.6) is 5.88 Å². The largest absolute Gasteiger partial charge is 0.479 e. The molecular weight excluding hydrogens is 482 g/mol. The van der Waals surface area contributed by atoms with Crippen molar-refractivity contribution >= 4 is 33.7 Å². The van der Waals surface area contributed by atoms with E-state index in [1.807, 2.05) is 0 Å². The molecule has 0 radical (unpaired) electrons. The summed E-state index contributed by atoms with van der Waals surface area (Å²) in [6.07, 6.45) is -0.500. The second-order valence-electron chi connectivity index (χ2n) is 12.3. The van der Waals surface area contributed by atoms with E-state index < -0.39 is 41.2 Å². The molecule has 1 saturated heterocycles. The number of nitrogens with two attached hydrogens (primary N) is 1. The van der Waals surface area contributed by atoms with Gasteiger partial charge >= 0.3 is 0 Å². The molecule has 4 atom stereocenters.